The predicted octanol–water partition coefficient (Wildman–Crippen LogP) is 3.19. The molecule has 0 saturated heterocycles. The Labute approximate surface area is 159 Å². The summed E-state index contributed by atoms with van der Waals surface area (Å²) in [5.41, 5.74) is 7.18. The molecule has 2 atom stereocenters. The number of halogens is 2. The summed E-state index contributed by atoms with van der Waals surface area (Å²) in [5, 5.41) is 12.9. The zero-order chi connectivity index (χ0) is 16.7. The Hall–Kier alpha value is -0.620. The van der Waals surface area contributed by atoms with Crippen LogP contribution in [0.5, 0.6) is 0 Å². The molecule has 1 aromatic rings. The number of nitrogens with two attached hydrogens (primary N) is 1. The van der Waals surface area contributed by atoms with Gasteiger partial charge >= 0.3 is 0 Å². The standard InChI is InChI=1S/C18H27BrN2O2.ClH/c19-15-8-6-13(7-9-15)10-11-21-18(23)17(22)16(20)12-14-4-2-1-3-5-14;/h6-9,14,16-17,22H,1-5,10-12,20H2,(H,21,23);1H/t16-,17?;/m1./s1. The third-order valence-electron chi connectivity index (χ3n) is 4.63. The van der Waals surface area contributed by atoms with E-state index >= 15 is 0 Å². The van der Waals surface area contributed by atoms with Crippen molar-refractivity contribution in [2.75, 3.05) is 6.54 Å². The van der Waals surface area contributed by atoms with E-state index in [9.17, 15) is 9.90 Å². The van der Waals surface area contributed by atoms with Crippen LogP contribution in [0.2, 0.25) is 0 Å². The van der Waals surface area contributed by atoms with Gasteiger partial charge in [0.2, 0.25) is 5.91 Å². The summed E-state index contributed by atoms with van der Waals surface area (Å²) in [5.74, 6) is 0.203. The van der Waals surface area contributed by atoms with Crippen LogP contribution in [-0.4, -0.2) is 29.7 Å². The summed E-state index contributed by atoms with van der Waals surface area (Å²) < 4.78 is 1.04. The van der Waals surface area contributed by atoms with Crippen molar-refractivity contribution in [3.05, 3.63) is 34.3 Å². The lowest BCUT2D eigenvalue weighted by Gasteiger charge is -2.26. The van der Waals surface area contributed by atoms with Crippen molar-refractivity contribution < 1.29 is 9.90 Å². The number of nitrogens with one attached hydrogen (secondary N) is 1. The van der Waals surface area contributed by atoms with Gasteiger partial charge in [0.05, 0.1) is 0 Å². The van der Waals surface area contributed by atoms with E-state index in [-0.39, 0.29) is 18.3 Å². The van der Waals surface area contributed by atoms with Crippen molar-refractivity contribution in [1.29, 1.82) is 0 Å². The van der Waals surface area contributed by atoms with Crippen molar-refractivity contribution in [3.8, 4) is 0 Å². The Kier molecular flexibility index (Phi) is 9.89. The molecule has 0 aliphatic heterocycles. The van der Waals surface area contributed by atoms with Crippen LogP contribution >= 0.6 is 28.3 Å². The molecule has 1 aliphatic rings. The van der Waals surface area contributed by atoms with Gasteiger partial charge in [-0.2, -0.15) is 0 Å². The number of aliphatic hydroxyl groups excluding tert-OH is 1. The Bertz CT molecular complexity index is 492. The third-order valence-corrected chi connectivity index (χ3v) is 5.16. The first-order valence-electron chi connectivity index (χ1n) is 8.52. The first-order chi connectivity index (χ1) is 11.1. The van der Waals surface area contributed by atoms with Crippen molar-refractivity contribution in [2.24, 2.45) is 11.7 Å². The van der Waals surface area contributed by atoms with E-state index in [2.05, 4.69) is 21.2 Å². The van der Waals surface area contributed by atoms with E-state index < -0.39 is 12.1 Å². The van der Waals surface area contributed by atoms with E-state index in [1.54, 1.807) is 0 Å². The van der Waals surface area contributed by atoms with Gasteiger partial charge in [-0.25, -0.2) is 0 Å². The normalized spacial score (nSPS) is 17.6. The lowest BCUT2D eigenvalue weighted by molar-refractivity contribution is -0.130. The number of hydrogen-bond acceptors (Lipinski definition) is 3. The lowest BCUT2D eigenvalue weighted by Crippen LogP contribution is -2.47. The average molecular weight is 420 g/mol. The molecule has 4 nitrogen and oxygen atoms in total. The second kappa shape index (κ2) is 11.1. The summed E-state index contributed by atoms with van der Waals surface area (Å²) in [7, 11) is 0. The predicted molar refractivity (Wildman–Crippen MR) is 103 cm³/mol. The molecule has 2 rings (SSSR count). The first kappa shape index (κ1) is 21.4. The summed E-state index contributed by atoms with van der Waals surface area (Å²) >= 11 is 3.40. The summed E-state index contributed by atoms with van der Waals surface area (Å²) in [6.45, 7) is 0.508. The van der Waals surface area contributed by atoms with Crippen molar-refractivity contribution in [1.82, 2.24) is 5.32 Å². The number of benzene rings is 1. The minimum atomic E-state index is -1.11. The van der Waals surface area contributed by atoms with Crippen molar-refractivity contribution >= 4 is 34.2 Å². The maximum Gasteiger partial charge on any atom is 0.250 e. The van der Waals surface area contributed by atoms with Gasteiger partial charge in [0.15, 0.2) is 0 Å². The minimum Gasteiger partial charge on any atom is -0.382 e. The molecular weight excluding hydrogens is 392 g/mol. The molecule has 0 radical (unpaired) electrons. The highest BCUT2D eigenvalue weighted by Gasteiger charge is 2.26. The molecule has 1 saturated carbocycles. The molecule has 136 valence electrons. The van der Waals surface area contributed by atoms with Crippen LogP contribution in [0, 0.1) is 5.92 Å². The molecule has 1 fully saturated rings. The average Bonchev–Trinajstić information content (AvgIpc) is 2.56. The highest BCUT2D eigenvalue weighted by atomic mass is 79.9. The molecular formula is C18H28BrClN2O2. The van der Waals surface area contributed by atoms with Gasteiger partial charge in [-0.15, -0.1) is 12.4 Å². The van der Waals surface area contributed by atoms with E-state index in [1.165, 1.54) is 32.1 Å². The summed E-state index contributed by atoms with van der Waals surface area (Å²) in [6, 6.07) is 7.52. The maximum atomic E-state index is 12.0. The van der Waals surface area contributed by atoms with Gasteiger partial charge in [-0.3, -0.25) is 4.79 Å². The topological polar surface area (TPSA) is 75.3 Å². The number of carbonyl (C=O) groups excluding carboxylic acids is 1. The molecule has 0 heterocycles. The summed E-state index contributed by atoms with van der Waals surface area (Å²) in [6.07, 6.45) is 6.49. The highest BCUT2D eigenvalue weighted by molar-refractivity contribution is 9.10. The fraction of sp³-hybridized carbons (Fsp3) is 0.611. The Morgan fingerprint density at radius 2 is 1.88 bits per heavy atom. The second-order valence-electron chi connectivity index (χ2n) is 6.52. The molecule has 0 aromatic heterocycles. The van der Waals surface area contributed by atoms with E-state index in [1.807, 2.05) is 24.3 Å². The monoisotopic (exact) mass is 418 g/mol. The summed E-state index contributed by atoms with van der Waals surface area (Å²) in [4.78, 5) is 12.0. The van der Waals surface area contributed by atoms with Crippen LogP contribution in [-0.2, 0) is 11.2 Å². The first-order valence-corrected chi connectivity index (χ1v) is 9.31. The van der Waals surface area contributed by atoms with Gasteiger partial charge < -0.3 is 16.2 Å². The number of rotatable bonds is 7. The molecule has 0 bridgehead atoms. The van der Waals surface area contributed by atoms with Gasteiger partial charge in [-0.1, -0.05) is 60.2 Å². The van der Waals surface area contributed by atoms with Gasteiger partial charge in [0, 0.05) is 17.1 Å². The van der Waals surface area contributed by atoms with Crippen LogP contribution < -0.4 is 11.1 Å². The van der Waals surface area contributed by atoms with Gasteiger partial charge in [0.1, 0.15) is 6.10 Å². The van der Waals surface area contributed by atoms with Crippen LogP contribution in [0.3, 0.4) is 0 Å². The third kappa shape index (κ3) is 7.09. The van der Waals surface area contributed by atoms with Gasteiger partial charge in [-0.05, 0) is 36.5 Å². The van der Waals surface area contributed by atoms with Crippen LogP contribution in [0.25, 0.3) is 0 Å². The molecule has 24 heavy (non-hydrogen) atoms. The van der Waals surface area contributed by atoms with Crippen LogP contribution in [0.4, 0.5) is 0 Å². The molecule has 1 aliphatic carbocycles. The highest BCUT2D eigenvalue weighted by Crippen LogP contribution is 2.27. The smallest absolute Gasteiger partial charge is 0.250 e. The molecule has 1 aromatic carbocycles. The Morgan fingerprint density at radius 3 is 2.50 bits per heavy atom. The molecule has 1 amide bonds. The van der Waals surface area contributed by atoms with E-state index in [0.29, 0.717) is 12.5 Å². The Morgan fingerprint density at radius 1 is 1.25 bits per heavy atom. The minimum absolute atomic E-state index is 0. The lowest BCUT2D eigenvalue weighted by atomic mass is 9.84. The number of carbonyl (C=O) groups is 1. The molecule has 0 spiro atoms. The van der Waals surface area contributed by atoms with Gasteiger partial charge in [0.25, 0.3) is 0 Å². The molecule has 4 N–H and O–H groups in total. The molecule has 1 unspecified atom stereocenters. The fourth-order valence-electron chi connectivity index (χ4n) is 3.22. The van der Waals surface area contributed by atoms with Crippen molar-refractivity contribution in [2.45, 2.75) is 57.1 Å². The zero-order valence-electron chi connectivity index (χ0n) is 13.9. The number of aliphatic hydroxyl groups is 1. The molecule has 6 heteroatoms. The SMILES string of the molecule is Cl.N[C@H](CC1CCCCC1)C(O)C(=O)NCCc1ccc(Br)cc1. The maximum absolute atomic E-state index is 12.0. The van der Waals surface area contributed by atoms with E-state index in [0.717, 1.165) is 22.9 Å². The zero-order valence-corrected chi connectivity index (χ0v) is 16.3. The number of amides is 1. The Balaban J connectivity index is 0.00000288. The largest absolute Gasteiger partial charge is 0.382 e. The van der Waals surface area contributed by atoms with E-state index in [4.69, 9.17) is 5.73 Å². The van der Waals surface area contributed by atoms with Crippen LogP contribution in [0.15, 0.2) is 28.7 Å². The second-order valence-corrected chi connectivity index (χ2v) is 7.43. The fourth-order valence-corrected chi connectivity index (χ4v) is 3.48. The van der Waals surface area contributed by atoms with Crippen LogP contribution in [0.1, 0.15) is 44.1 Å². The number of hydrogen-bond donors (Lipinski definition) is 3. The quantitative estimate of drug-likeness (QED) is 0.635. The van der Waals surface area contributed by atoms with Crippen molar-refractivity contribution in [3.63, 3.8) is 0 Å².